The van der Waals surface area contributed by atoms with E-state index < -0.39 is 0 Å². The van der Waals surface area contributed by atoms with Crippen LogP contribution in [0.25, 0.3) is 0 Å². The van der Waals surface area contributed by atoms with Gasteiger partial charge in [-0.1, -0.05) is 38.3 Å². The number of carbonyl (C=O) groups is 1. The van der Waals surface area contributed by atoms with Gasteiger partial charge in [0.25, 0.3) is 0 Å². The van der Waals surface area contributed by atoms with E-state index in [1.165, 1.54) is 0 Å². The van der Waals surface area contributed by atoms with E-state index in [4.69, 9.17) is 11.6 Å². The van der Waals surface area contributed by atoms with Crippen molar-refractivity contribution in [3.05, 3.63) is 16.4 Å². The zero-order valence-corrected chi connectivity index (χ0v) is 10.9. The van der Waals surface area contributed by atoms with Gasteiger partial charge in [-0.25, -0.2) is 4.68 Å². The van der Waals surface area contributed by atoms with E-state index in [-0.39, 0.29) is 0 Å². The lowest BCUT2D eigenvalue weighted by molar-refractivity contribution is 0.112. The van der Waals surface area contributed by atoms with Crippen molar-refractivity contribution in [1.82, 2.24) is 9.78 Å². The molecule has 3 nitrogen and oxygen atoms in total. The van der Waals surface area contributed by atoms with Crippen LogP contribution < -0.4 is 0 Å². The Hall–Kier alpha value is -0.830. The molecule has 1 heterocycles. The molecule has 0 aromatic carbocycles. The zero-order chi connectivity index (χ0) is 12.1. The van der Waals surface area contributed by atoms with E-state index in [9.17, 15) is 4.79 Å². The highest BCUT2D eigenvalue weighted by atomic mass is 35.5. The summed E-state index contributed by atoms with van der Waals surface area (Å²) in [6.45, 7) is 6.11. The summed E-state index contributed by atoms with van der Waals surface area (Å²) in [5.74, 6) is 0. The molecule has 0 bridgehead atoms. The molecule has 0 spiro atoms. The Balaban J connectivity index is 3.04. The molecule has 1 rings (SSSR count). The molecule has 0 saturated carbocycles. The van der Waals surface area contributed by atoms with Crippen LogP contribution in [0.3, 0.4) is 0 Å². The third-order valence-corrected chi connectivity index (χ3v) is 3.16. The van der Waals surface area contributed by atoms with E-state index in [0.717, 1.165) is 37.7 Å². The van der Waals surface area contributed by atoms with Crippen molar-refractivity contribution < 1.29 is 4.79 Å². The first-order valence-electron chi connectivity index (χ1n) is 5.85. The highest BCUT2D eigenvalue weighted by molar-refractivity contribution is 6.32. The fourth-order valence-corrected chi connectivity index (χ4v) is 2.32. The van der Waals surface area contributed by atoms with Crippen LogP contribution in [-0.2, 0) is 0 Å². The standard InChI is InChI=1S/C12H19ClN2O/c1-4-6-10(7-5-2)15-12(13)11(8-16)9(3)14-15/h8,10H,4-7H2,1-3H3. The summed E-state index contributed by atoms with van der Waals surface area (Å²) in [5, 5.41) is 4.86. The van der Waals surface area contributed by atoms with Gasteiger partial charge in [0, 0.05) is 0 Å². The van der Waals surface area contributed by atoms with Gasteiger partial charge in [0.15, 0.2) is 6.29 Å². The minimum atomic E-state index is 0.315. The van der Waals surface area contributed by atoms with Crippen LogP contribution in [0.4, 0.5) is 0 Å². The summed E-state index contributed by atoms with van der Waals surface area (Å²) in [7, 11) is 0. The molecule has 0 fully saturated rings. The lowest BCUT2D eigenvalue weighted by atomic mass is 10.1. The average Bonchev–Trinajstić information content (AvgIpc) is 2.53. The summed E-state index contributed by atoms with van der Waals surface area (Å²) in [5.41, 5.74) is 1.25. The Bertz CT molecular complexity index is 354. The average molecular weight is 243 g/mol. The molecule has 0 atom stereocenters. The molecule has 0 amide bonds. The van der Waals surface area contributed by atoms with Gasteiger partial charge in [-0.2, -0.15) is 5.10 Å². The number of carbonyl (C=O) groups excluding carboxylic acids is 1. The van der Waals surface area contributed by atoms with Crippen molar-refractivity contribution in [3.8, 4) is 0 Å². The fourth-order valence-electron chi connectivity index (χ4n) is 1.96. The molecule has 0 aliphatic rings. The van der Waals surface area contributed by atoms with E-state index in [0.29, 0.717) is 16.8 Å². The molecule has 0 unspecified atom stereocenters. The molecule has 1 aromatic rings. The normalized spacial score (nSPS) is 11.1. The molecule has 90 valence electrons. The van der Waals surface area contributed by atoms with Crippen LogP contribution in [0.1, 0.15) is 61.6 Å². The van der Waals surface area contributed by atoms with Crippen LogP contribution in [0.5, 0.6) is 0 Å². The quantitative estimate of drug-likeness (QED) is 0.712. The monoisotopic (exact) mass is 242 g/mol. The number of aromatic nitrogens is 2. The summed E-state index contributed by atoms with van der Waals surface area (Å²) >= 11 is 6.17. The number of halogens is 1. The van der Waals surface area contributed by atoms with E-state index in [1.54, 1.807) is 0 Å². The highest BCUT2D eigenvalue weighted by Gasteiger charge is 2.18. The predicted molar refractivity (Wildman–Crippen MR) is 66.2 cm³/mol. The molecule has 0 N–H and O–H groups in total. The van der Waals surface area contributed by atoms with Crippen LogP contribution >= 0.6 is 11.6 Å². The molecule has 16 heavy (non-hydrogen) atoms. The topological polar surface area (TPSA) is 34.9 Å². The Morgan fingerprint density at radius 2 is 1.94 bits per heavy atom. The molecule has 0 radical (unpaired) electrons. The minimum absolute atomic E-state index is 0.315. The number of aryl methyl sites for hydroxylation is 1. The second kappa shape index (κ2) is 6.04. The second-order valence-corrected chi connectivity index (χ2v) is 4.44. The number of nitrogens with zero attached hydrogens (tertiary/aromatic N) is 2. The Labute approximate surface area is 102 Å². The van der Waals surface area contributed by atoms with Gasteiger partial charge >= 0.3 is 0 Å². The first-order valence-corrected chi connectivity index (χ1v) is 6.23. The van der Waals surface area contributed by atoms with Crippen molar-refractivity contribution in [1.29, 1.82) is 0 Å². The molecular formula is C12H19ClN2O. The minimum Gasteiger partial charge on any atom is -0.298 e. The van der Waals surface area contributed by atoms with Crippen LogP contribution in [0.2, 0.25) is 5.15 Å². The van der Waals surface area contributed by atoms with E-state index in [2.05, 4.69) is 18.9 Å². The van der Waals surface area contributed by atoms with Gasteiger partial charge in [-0.15, -0.1) is 0 Å². The lowest BCUT2D eigenvalue weighted by Crippen LogP contribution is -2.10. The highest BCUT2D eigenvalue weighted by Crippen LogP contribution is 2.27. The van der Waals surface area contributed by atoms with Crippen molar-refractivity contribution in [2.45, 2.75) is 52.5 Å². The van der Waals surface area contributed by atoms with E-state index >= 15 is 0 Å². The van der Waals surface area contributed by atoms with Gasteiger partial charge in [-0.3, -0.25) is 4.79 Å². The Morgan fingerprint density at radius 1 is 1.38 bits per heavy atom. The molecule has 4 heteroatoms. The Kier molecular flexibility index (Phi) is 5.00. The van der Waals surface area contributed by atoms with Gasteiger partial charge in [0.1, 0.15) is 5.15 Å². The first kappa shape index (κ1) is 13.2. The second-order valence-electron chi connectivity index (χ2n) is 4.08. The summed E-state index contributed by atoms with van der Waals surface area (Å²) in [4.78, 5) is 10.9. The van der Waals surface area contributed by atoms with Crippen molar-refractivity contribution in [2.24, 2.45) is 0 Å². The van der Waals surface area contributed by atoms with Crippen LogP contribution in [0, 0.1) is 6.92 Å². The molecule has 1 aromatic heterocycles. The predicted octanol–water partition coefficient (Wildman–Crippen LogP) is 3.80. The third-order valence-electron chi connectivity index (χ3n) is 2.78. The largest absolute Gasteiger partial charge is 0.298 e. The van der Waals surface area contributed by atoms with Gasteiger partial charge in [-0.05, 0) is 19.8 Å². The zero-order valence-electron chi connectivity index (χ0n) is 10.2. The maximum absolute atomic E-state index is 10.9. The van der Waals surface area contributed by atoms with E-state index in [1.807, 2.05) is 11.6 Å². The maximum Gasteiger partial charge on any atom is 0.155 e. The molecule has 0 aliphatic carbocycles. The summed E-state index contributed by atoms with van der Waals surface area (Å²) in [6.07, 6.45) is 5.07. The summed E-state index contributed by atoms with van der Waals surface area (Å²) in [6, 6.07) is 0.315. The number of aldehydes is 1. The lowest BCUT2D eigenvalue weighted by Gasteiger charge is -2.16. The maximum atomic E-state index is 10.9. The molecule has 0 saturated heterocycles. The van der Waals surface area contributed by atoms with Crippen molar-refractivity contribution >= 4 is 17.9 Å². The SMILES string of the molecule is CCCC(CCC)n1nc(C)c(C=O)c1Cl. The summed E-state index contributed by atoms with van der Waals surface area (Å²) < 4.78 is 1.81. The number of hydrogen-bond donors (Lipinski definition) is 0. The number of hydrogen-bond acceptors (Lipinski definition) is 2. The number of rotatable bonds is 6. The van der Waals surface area contributed by atoms with Crippen molar-refractivity contribution in [3.63, 3.8) is 0 Å². The van der Waals surface area contributed by atoms with Gasteiger partial charge in [0.2, 0.25) is 0 Å². The Morgan fingerprint density at radius 3 is 2.31 bits per heavy atom. The third kappa shape index (κ3) is 2.64. The van der Waals surface area contributed by atoms with Crippen LogP contribution in [-0.4, -0.2) is 16.1 Å². The first-order chi connectivity index (χ1) is 7.65. The van der Waals surface area contributed by atoms with Gasteiger partial charge < -0.3 is 0 Å². The fraction of sp³-hybridized carbons (Fsp3) is 0.667. The smallest absolute Gasteiger partial charge is 0.155 e. The molecule has 0 aliphatic heterocycles. The van der Waals surface area contributed by atoms with Crippen LogP contribution in [0.15, 0.2) is 0 Å². The molecular weight excluding hydrogens is 224 g/mol. The van der Waals surface area contributed by atoms with Gasteiger partial charge in [0.05, 0.1) is 17.3 Å². The van der Waals surface area contributed by atoms with Crippen molar-refractivity contribution in [2.75, 3.05) is 0 Å².